The Morgan fingerprint density at radius 3 is 2.44 bits per heavy atom. The molecular formula is C12H16BrF3N2. The maximum atomic E-state index is 12.8. The van der Waals surface area contributed by atoms with Gasteiger partial charge in [-0.3, -0.25) is 0 Å². The van der Waals surface area contributed by atoms with Crippen molar-refractivity contribution in [2.24, 2.45) is 5.92 Å². The van der Waals surface area contributed by atoms with E-state index in [0.29, 0.717) is 16.9 Å². The molecule has 1 aromatic rings. The Labute approximate surface area is 113 Å². The lowest BCUT2D eigenvalue weighted by Crippen LogP contribution is -2.17. The maximum Gasteiger partial charge on any atom is 0.419 e. The molecule has 18 heavy (non-hydrogen) atoms. The largest absolute Gasteiger partial charge is 0.419 e. The lowest BCUT2D eigenvalue weighted by atomic mass is 10.0. The molecule has 2 nitrogen and oxygen atoms in total. The van der Waals surface area contributed by atoms with Gasteiger partial charge in [-0.2, -0.15) is 13.2 Å². The minimum Gasteiger partial charge on any atom is -0.369 e. The van der Waals surface area contributed by atoms with E-state index in [1.807, 2.05) is 13.8 Å². The van der Waals surface area contributed by atoms with Crippen LogP contribution in [0.5, 0.6) is 0 Å². The van der Waals surface area contributed by atoms with Crippen molar-refractivity contribution in [2.45, 2.75) is 32.9 Å². The van der Waals surface area contributed by atoms with Gasteiger partial charge in [-0.05, 0) is 27.9 Å². The van der Waals surface area contributed by atoms with Crippen LogP contribution in [0.2, 0.25) is 0 Å². The molecule has 1 N–H and O–H groups in total. The number of hydrogen-bond acceptors (Lipinski definition) is 2. The molecule has 1 aromatic heterocycles. The van der Waals surface area contributed by atoms with Gasteiger partial charge in [-0.1, -0.05) is 26.7 Å². The third kappa shape index (κ3) is 4.15. The van der Waals surface area contributed by atoms with Crippen LogP contribution in [0.1, 0.15) is 32.3 Å². The van der Waals surface area contributed by atoms with Crippen LogP contribution in [0, 0.1) is 5.92 Å². The number of aromatic nitrogens is 1. The van der Waals surface area contributed by atoms with E-state index in [-0.39, 0.29) is 5.82 Å². The standard InChI is InChI=1S/C12H16BrF3N2/c1-3-8(4-2)6-17-11-10(12(14,15)16)5-9(13)7-18-11/h5,7-8H,3-4,6H2,1-2H3,(H,17,18). The summed E-state index contributed by atoms with van der Waals surface area (Å²) in [5.41, 5.74) is -0.733. The SMILES string of the molecule is CCC(CC)CNc1ncc(Br)cc1C(F)(F)F. The van der Waals surface area contributed by atoms with Crippen molar-refractivity contribution in [1.82, 2.24) is 4.98 Å². The van der Waals surface area contributed by atoms with Crippen LogP contribution in [0.25, 0.3) is 0 Å². The minimum atomic E-state index is -4.40. The fourth-order valence-corrected chi connectivity index (χ4v) is 1.95. The van der Waals surface area contributed by atoms with Gasteiger partial charge in [0.1, 0.15) is 5.82 Å². The second-order valence-electron chi connectivity index (χ2n) is 4.11. The summed E-state index contributed by atoms with van der Waals surface area (Å²) >= 11 is 3.01. The Hall–Kier alpha value is -0.780. The first-order valence-electron chi connectivity index (χ1n) is 5.85. The average Bonchev–Trinajstić information content (AvgIpc) is 2.30. The highest BCUT2D eigenvalue weighted by atomic mass is 79.9. The molecule has 0 spiro atoms. The molecule has 102 valence electrons. The zero-order valence-corrected chi connectivity index (χ0v) is 11.9. The zero-order valence-electron chi connectivity index (χ0n) is 10.3. The fraction of sp³-hybridized carbons (Fsp3) is 0.583. The fourth-order valence-electron chi connectivity index (χ4n) is 1.61. The van der Waals surface area contributed by atoms with E-state index in [0.717, 1.165) is 18.9 Å². The smallest absolute Gasteiger partial charge is 0.369 e. The number of nitrogens with one attached hydrogen (secondary N) is 1. The molecule has 0 unspecified atom stereocenters. The first kappa shape index (κ1) is 15.3. The lowest BCUT2D eigenvalue weighted by molar-refractivity contribution is -0.137. The van der Waals surface area contributed by atoms with E-state index in [1.54, 1.807) is 0 Å². The minimum absolute atomic E-state index is 0.0994. The summed E-state index contributed by atoms with van der Waals surface area (Å²) in [6.07, 6.45) is -1.17. The van der Waals surface area contributed by atoms with Crippen molar-refractivity contribution in [2.75, 3.05) is 11.9 Å². The number of halogens is 4. The topological polar surface area (TPSA) is 24.9 Å². The highest BCUT2D eigenvalue weighted by Crippen LogP contribution is 2.35. The maximum absolute atomic E-state index is 12.8. The third-order valence-corrected chi connectivity index (χ3v) is 3.31. The first-order chi connectivity index (χ1) is 8.38. The molecule has 0 fully saturated rings. The molecule has 0 aliphatic rings. The van der Waals surface area contributed by atoms with Crippen molar-refractivity contribution >= 4 is 21.7 Å². The molecular weight excluding hydrogens is 309 g/mol. The zero-order chi connectivity index (χ0) is 13.8. The van der Waals surface area contributed by atoms with E-state index < -0.39 is 11.7 Å². The van der Waals surface area contributed by atoms with Gasteiger partial charge < -0.3 is 5.32 Å². The summed E-state index contributed by atoms with van der Waals surface area (Å²) in [7, 11) is 0. The van der Waals surface area contributed by atoms with E-state index in [1.165, 1.54) is 6.20 Å². The molecule has 0 saturated heterocycles. The molecule has 0 bridgehead atoms. The monoisotopic (exact) mass is 324 g/mol. The molecule has 1 rings (SSSR count). The van der Waals surface area contributed by atoms with Crippen molar-refractivity contribution in [3.05, 3.63) is 22.3 Å². The van der Waals surface area contributed by atoms with Gasteiger partial charge in [0, 0.05) is 17.2 Å². The van der Waals surface area contributed by atoms with Crippen molar-refractivity contribution in [3.8, 4) is 0 Å². The second-order valence-corrected chi connectivity index (χ2v) is 5.03. The summed E-state index contributed by atoms with van der Waals surface area (Å²) in [6.45, 7) is 4.55. The van der Waals surface area contributed by atoms with Crippen LogP contribution in [0.4, 0.5) is 19.0 Å². The molecule has 0 aliphatic heterocycles. The molecule has 0 saturated carbocycles. The molecule has 0 amide bonds. The Morgan fingerprint density at radius 1 is 1.33 bits per heavy atom. The van der Waals surface area contributed by atoms with Gasteiger partial charge in [0.25, 0.3) is 0 Å². The van der Waals surface area contributed by atoms with E-state index in [4.69, 9.17) is 0 Å². The van der Waals surface area contributed by atoms with Crippen LogP contribution < -0.4 is 5.32 Å². The Morgan fingerprint density at radius 2 is 1.94 bits per heavy atom. The molecule has 6 heteroatoms. The van der Waals surface area contributed by atoms with Gasteiger partial charge in [-0.25, -0.2) is 4.98 Å². The van der Waals surface area contributed by atoms with Gasteiger partial charge in [0.05, 0.1) is 5.56 Å². The predicted octanol–water partition coefficient (Wildman–Crippen LogP) is 4.71. The van der Waals surface area contributed by atoms with E-state index in [2.05, 4.69) is 26.2 Å². The summed E-state index contributed by atoms with van der Waals surface area (Å²) in [5, 5.41) is 2.80. The number of alkyl halides is 3. The predicted molar refractivity (Wildman–Crippen MR) is 69.5 cm³/mol. The van der Waals surface area contributed by atoms with Gasteiger partial charge >= 0.3 is 6.18 Å². The van der Waals surface area contributed by atoms with Crippen LogP contribution in [-0.2, 0) is 6.18 Å². The number of rotatable bonds is 5. The van der Waals surface area contributed by atoms with Crippen LogP contribution >= 0.6 is 15.9 Å². The van der Waals surface area contributed by atoms with Crippen molar-refractivity contribution in [3.63, 3.8) is 0 Å². The summed E-state index contributed by atoms with van der Waals surface area (Å²) in [4.78, 5) is 3.81. The van der Waals surface area contributed by atoms with Gasteiger partial charge in [-0.15, -0.1) is 0 Å². The molecule has 1 heterocycles. The van der Waals surface area contributed by atoms with Crippen LogP contribution in [0.15, 0.2) is 16.7 Å². The molecule has 0 aliphatic carbocycles. The third-order valence-electron chi connectivity index (χ3n) is 2.87. The molecule has 0 atom stereocenters. The summed E-state index contributed by atoms with van der Waals surface area (Å²) < 4.78 is 38.8. The number of hydrogen-bond donors (Lipinski definition) is 1. The summed E-state index contributed by atoms with van der Waals surface area (Å²) in [5.74, 6) is 0.258. The summed E-state index contributed by atoms with van der Waals surface area (Å²) in [6, 6.07) is 1.04. The van der Waals surface area contributed by atoms with E-state index in [9.17, 15) is 13.2 Å². The normalized spacial score (nSPS) is 11.9. The Bertz CT molecular complexity index is 389. The highest BCUT2D eigenvalue weighted by Gasteiger charge is 2.34. The number of anilines is 1. The Kier molecular flexibility index (Phi) is 5.44. The molecule has 0 radical (unpaired) electrons. The van der Waals surface area contributed by atoms with Crippen molar-refractivity contribution in [1.29, 1.82) is 0 Å². The molecule has 0 aromatic carbocycles. The van der Waals surface area contributed by atoms with E-state index >= 15 is 0 Å². The Balaban J connectivity index is 2.88. The van der Waals surface area contributed by atoms with Gasteiger partial charge in [0.15, 0.2) is 0 Å². The quantitative estimate of drug-likeness (QED) is 0.848. The first-order valence-corrected chi connectivity index (χ1v) is 6.64. The van der Waals surface area contributed by atoms with Crippen molar-refractivity contribution < 1.29 is 13.2 Å². The average molecular weight is 325 g/mol. The highest BCUT2D eigenvalue weighted by molar-refractivity contribution is 9.10. The van der Waals surface area contributed by atoms with Gasteiger partial charge in [0.2, 0.25) is 0 Å². The second kappa shape index (κ2) is 6.41. The lowest BCUT2D eigenvalue weighted by Gasteiger charge is -2.17. The number of nitrogens with zero attached hydrogens (tertiary/aromatic N) is 1. The van der Waals surface area contributed by atoms with Crippen LogP contribution in [0.3, 0.4) is 0 Å². The number of pyridine rings is 1. The van der Waals surface area contributed by atoms with Crippen LogP contribution in [-0.4, -0.2) is 11.5 Å².